The van der Waals surface area contributed by atoms with Gasteiger partial charge in [0.15, 0.2) is 0 Å². The highest BCUT2D eigenvalue weighted by Crippen LogP contribution is 2.37. The molecule has 0 aromatic heterocycles. The van der Waals surface area contributed by atoms with Crippen LogP contribution in [0.4, 0.5) is 0 Å². The van der Waals surface area contributed by atoms with Gasteiger partial charge >= 0.3 is 5.97 Å². The topological polar surface area (TPSA) is 83.5 Å². The van der Waals surface area contributed by atoms with Crippen molar-refractivity contribution in [2.45, 2.75) is 18.2 Å². The summed E-state index contributed by atoms with van der Waals surface area (Å²) < 4.78 is 26.6. The second-order valence-corrected chi connectivity index (χ2v) is 6.83. The summed E-state index contributed by atoms with van der Waals surface area (Å²) in [5, 5.41) is 8.52. The van der Waals surface area contributed by atoms with Gasteiger partial charge in [0.25, 0.3) is 0 Å². The Morgan fingerprint density at radius 2 is 2.00 bits per heavy atom. The van der Waals surface area contributed by atoms with Crippen molar-refractivity contribution in [2.75, 3.05) is 6.54 Å². The van der Waals surface area contributed by atoms with Crippen molar-refractivity contribution >= 4 is 22.1 Å². The predicted molar refractivity (Wildman–Crippen MR) is 75.6 cm³/mol. The van der Waals surface area contributed by atoms with Crippen LogP contribution in [0.5, 0.6) is 0 Å². The summed E-state index contributed by atoms with van der Waals surface area (Å²) in [7, 11) is -3.48. The number of carboxylic acid groups (broad SMARTS) is 1. The van der Waals surface area contributed by atoms with E-state index in [0.717, 1.165) is 12.5 Å². The van der Waals surface area contributed by atoms with E-state index in [0.29, 0.717) is 23.9 Å². The molecule has 2 unspecified atom stereocenters. The predicted octanol–water partition coefficient (Wildman–Crippen LogP) is 1.72. The zero-order valence-corrected chi connectivity index (χ0v) is 11.9. The highest BCUT2D eigenvalue weighted by molar-refractivity contribution is 7.89. The molecule has 1 aliphatic carbocycles. The van der Waals surface area contributed by atoms with Gasteiger partial charge in [-0.1, -0.05) is 19.1 Å². The van der Waals surface area contributed by atoms with Crippen molar-refractivity contribution in [1.29, 1.82) is 0 Å². The molecule has 108 valence electrons. The van der Waals surface area contributed by atoms with Crippen molar-refractivity contribution in [1.82, 2.24) is 4.72 Å². The Morgan fingerprint density at radius 1 is 1.40 bits per heavy atom. The third-order valence-electron chi connectivity index (χ3n) is 3.42. The molecule has 1 aromatic rings. The molecule has 0 aliphatic heterocycles. The summed E-state index contributed by atoms with van der Waals surface area (Å²) in [6.07, 6.45) is 3.50. The number of aliphatic carboxylic acids is 1. The van der Waals surface area contributed by atoms with Crippen molar-refractivity contribution in [3.8, 4) is 0 Å². The number of rotatable bonds is 6. The molecule has 20 heavy (non-hydrogen) atoms. The van der Waals surface area contributed by atoms with Crippen LogP contribution >= 0.6 is 0 Å². The summed E-state index contributed by atoms with van der Waals surface area (Å²) in [5.41, 5.74) is 0.641. The molecular weight excluding hydrogens is 278 g/mol. The lowest BCUT2D eigenvalue weighted by molar-refractivity contribution is -0.131. The van der Waals surface area contributed by atoms with E-state index >= 15 is 0 Å². The highest BCUT2D eigenvalue weighted by atomic mass is 32.2. The summed E-state index contributed by atoms with van der Waals surface area (Å²) in [6.45, 7) is 2.58. The summed E-state index contributed by atoms with van der Waals surface area (Å²) in [6, 6.07) is 6.10. The summed E-state index contributed by atoms with van der Waals surface area (Å²) in [4.78, 5) is 10.6. The van der Waals surface area contributed by atoms with Crippen LogP contribution in [0.1, 0.15) is 18.9 Å². The van der Waals surface area contributed by atoms with Gasteiger partial charge in [0.2, 0.25) is 10.0 Å². The van der Waals surface area contributed by atoms with E-state index in [1.165, 1.54) is 18.2 Å². The van der Waals surface area contributed by atoms with E-state index in [2.05, 4.69) is 11.6 Å². The Morgan fingerprint density at radius 3 is 2.50 bits per heavy atom. The van der Waals surface area contributed by atoms with Crippen LogP contribution in [0.2, 0.25) is 0 Å². The van der Waals surface area contributed by atoms with Gasteiger partial charge in [0.1, 0.15) is 0 Å². The molecule has 1 saturated carbocycles. The van der Waals surface area contributed by atoms with Gasteiger partial charge in [-0.2, -0.15) is 0 Å². The number of carbonyl (C=O) groups is 1. The molecule has 0 heterocycles. The maximum Gasteiger partial charge on any atom is 0.328 e. The first kappa shape index (κ1) is 14.7. The first-order valence-corrected chi connectivity index (χ1v) is 7.87. The smallest absolute Gasteiger partial charge is 0.328 e. The second-order valence-electron chi connectivity index (χ2n) is 5.07. The van der Waals surface area contributed by atoms with E-state index in [1.807, 2.05) is 0 Å². The van der Waals surface area contributed by atoms with E-state index in [1.54, 1.807) is 12.1 Å². The molecule has 0 saturated heterocycles. The monoisotopic (exact) mass is 295 g/mol. The first-order valence-electron chi connectivity index (χ1n) is 6.39. The SMILES string of the molecule is CC1CC1CNS(=O)(=O)c1ccc(/C=C/C(=O)O)cc1. The molecule has 2 N–H and O–H groups in total. The van der Waals surface area contributed by atoms with Crippen LogP contribution in [0.15, 0.2) is 35.2 Å². The fourth-order valence-electron chi connectivity index (χ4n) is 1.91. The minimum absolute atomic E-state index is 0.193. The zero-order valence-electron chi connectivity index (χ0n) is 11.1. The van der Waals surface area contributed by atoms with Crippen LogP contribution in [0, 0.1) is 11.8 Å². The fraction of sp³-hybridized carbons (Fsp3) is 0.357. The number of hydrogen-bond donors (Lipinski definition) is 2. The molecule has 5 nitrogen and oxygen atoms in total. The van der Waals surface area contributed by atoms with Crippen LogP contribution in [-0.4, -0.2) is 26.0 Å². The number of carboxylic acids is 1. The third-order valence-corrected chi connectivity index (χ3v) is 4.86. The quantitative estimate of drug-likeness (QED) is 0.783. The number of hydrogen-bond acceptors (Lipinski definition) is 3. The highest BCUT2D eigenvalue weighted by Gasteiger charge is 2.33. The van der Waals surface area contributed by atoms with Gasteiger partial charge in [-0.25, -0.2) is 17.9 Å². The second kappa shape index (κ2) is 5.76. The van der Waals surface area contributed by atoms with Crippen LogP contribution < -0.4 is 4.72 Å². The lowest BCUT2D eigenvalue weighted by Gasteiger charge is -2.06. The molecule has 6 heteroatoms. The number of benzene rings is 1. The molecule has 1 fully saturated rings. The van der Waals surface area contributed by atoms with E-state index in [4.69, 9.17) is 5.11 Å². The Kier molecular flexibility index (Phi) is 4.25. The average Bonchev–Trinajstić information content (AvgIpc) is 3.11. The molecule has 0 amide bonds. The minimum atomic E-state index is -3.48. The largest absolute Gasteiger partial charge is 0.478 e. The van der Waals surface area contributed by atoms with Gasteiger partial charge in [-0.3, -0.25) is 0 Å². The van der Waals surface area contributed by atoms with Crippen LogP contribution in [0.3, 0.4) is 0 Å². The Labute approximate surface area is 118 Å². The van der Waals surface area contributed by atoms with Crippen molar-refractivity contribution in [3.63, 3.8) is 0 Å². The van der Waals surface area contributed by atoms with Crippen molar-refractivity contribution in [3.05, 3.63) is 35.9 Å². The zero-order chi connectivity index (χ0) is 14.8. The van der Waals surface area contributed by atoms with Crippen LogP contribution in [-0.2, 0) is 14.8 Å². The molecule has 0 radical (unpaired) electrons. The summed E-state index contributed by atoms with van der Waals surface area (Å²) in [5.74, 6) is 0.00528. The van der Waals surface area contributed by atoms with Crippen molar-refractivity contribution < 1.29 is 18.3 Å². The lowest BCUT2D eigenvalue weighted by Crippen LogP contribution is -2.26. The van der Waals surface area contributed by atoms with Crippen LogP contribution in [0.25, 0.3) is 6.08 Å². The third kappa shape index (κ3) is 3.91. The van der Waals surface area contributed by atoms with Gasteiger partial charge in [0.05, 0.1) is 4.90 Å². The number of nitrogens with one attached hydrogen (secondary N) is 1. The first-order chi connectivity index (χ1) is 9.38. The Bertz CT molecular complexity index is 619. The standard InChI is InChI=1S/C14H17NO4S/c1-10-8-12(10)9-15-20(18,19)13-5-2-11(3-6-13)4-7-14(16)17/h2-7,10,12,15H,8-9H2,1H3,(H,16,17)/b7-4+. The molecule has 0 spiro atoms. The maximum absolute atomic E-state index is 12.0. The van der Waals surface area contributed by atoms with Crippen molar-refractivity contribution in [2.24, 2.45) is 11.8 Å². The van der Waals surface area contributed by atoms with Gasteiger partial charge in [-0.15, -0.1) is 0 Å². The van der Waals surface area contributed by atoms with E-state index in [9.17, 15) is 13.2 Å². The maximum atomic E-state index is 12.0. The Balaban J connectivity index is 2.02. The Hall–Kier alpha value is -1.66. The molecule has 1 aromatic carbocycles. The molecule has 1 aliphatic rings. The minimum Gasteiger partial charge on any atom is -0.478 e. The molecular formula is C14H17NO4S. The molecule has 0 bridgehead atoms. The fourth-order valence-corrected chi connectivity index (χ4v) is 3.00. The normalized spacial score (nSPS) is 22.1. The molecule has 2 rings (SSSR count). The van der Waals surface area contributed by atoms with E-state index < -0.39 is 16.0 Å². The van der Waals surface area contributed by atoms with Gasteiger partial charge in [0, 0.05) is 12.6 Å². The molecule has 2 atom stereocenters. The van der Waals surface area contributed by atoms with E-state index in [-0.39, 0.29) is 4.90 Å². The van der Waals surface area contributed by atoms with Gasteiger partial charge in [-0.05, 0) is 42.0 Å². The number of sulfonamides is 1. The average molecular weight is 295 g/mol. The lowest BCUT2D eigenvalue weighted by atomic mass is 10.2. The summed E-state index contributed by atoms with van der Waals surface area (Å²) >= 11 is 0. The van der Waals surface area contributed by atoms with Gasteiger partial charge < -0.3 is 5.11 Å².